The molecule has 0 unspecified atom stereocenters. The quantitative estimate of drug-likeness (QED) is 0.876. The van der Waals surface area contributed by atoms with Crippen molar-refractivity contribution < 1.29 is 18.7 Å². The Bertz CT molecular complexity index is 682. The van der Waals surface area contributed by atoms with Gasteiger partial charge in [0.25, 0.3) is 0 Å². The van der Waals surface area contributed by atoms with Crippen molar-refractivity contribution in [3.63, 3.8) is 0 Å². The van der Waals surface area contributed by atoms with Crippen molar-refractivity contribution in [1.82, 2.24) is 0 Å². The fraction of sp³-hybridized carbons (Fsp3) is 0.267. The van der Waals surface area contributed by atoms with Crippen molar-refractivity contribution in [2.24, 2.45) is 0 Å². The Kier molecular flexibility index (Phi) is 4.47. The van der Waals surface area contributed by atoms with Crippen molar-refractivity contribution in [2.45, 2.75) is 13.8 Å². The van der Waals surface area contributed by atoms with Gasteiger partial charge in [0.2, 0.25) is 0 Å². The second kappa shape index (κ2) is 6.13. The molecule has 0 aliphatic carbocycles. The van der Waals surface area contributed by atoms with E-state index in [4.69, 9.17) is 15.2 Å². The van der Waals surface area contributed by atoms with Crippen LogP contribution in [0.4, 0.5) is 10.1 Å². The van der Waals surface area contributed by atoms with E-state index < -0.39 is 11.8 Å². The fourth-order valence-electron chi connectivity index (χ4n) is 1.95. The summed E-state index contributed by atoms with van der Waals surface area (Å²) in [6.07, 6.45) is 0. The lowest BCUT2D eigenvalue weighted by molar-refractivity contribution is 0.0533. The summed E-state index contributed by atoms with van der Waals surface area (Å²) in [6, 6.07) is 4.54. The maximum atomic E-state index is 13.5. The average molecular weight is 309 g/mol. The molecular weight excluding hydrogens is 293 g/mol. The van der Waals surface area contributed by atoms with Gasteiger partial charge in [-0.3, -0.25) is 0 Å². The van der Waals surface area contributed by atoms with Crippen LogP contribution < -0.4 is 10.5 Å². The highest BCUT2D eigenvalue weighted by Crippen LogP contribution is 2.39. The predicted octanol–water partition coefficient (Wildman–Crippen LogP) is 3.63. The fourth-order valence-corrected chi connectivity index (χ4v) is 3.07. The van der Waals surface area contributed by atoms with E-state index >= 15 is 0 Å². The molecule has 0 radical (unpaired) electrons. The monoisotopic (exact) mass is 309 g/mol. The first kappa shape index (κ1) is 15.3. The molecule has 0 bridgehead atoms. The molecule has 1 aromatic heterocycles. The molecular formula is C15H16FNO3S. The SMILES string of the molecule is CCOC(=O)c1sc(-c2ccc(F)c(OC)c2)c(C)c1N. The summed E-state index contributed by atoms with van der Waals surface area (Å²) >= 11 is 1.23. The number of hydrogen-bond acceptors (Lipinski definition) is 5. The Labute approximate surface area is 126 Å². The van der Waals surface area contributed by atoms with Crippen LogP contribution in [0, 0.1) is 12.7 Å². The van der Waals surface area contributed by atoms with Gasteiger partial charge in [-0.1, -0.05) is 6.07 Å². The van der Waals surface area contributed by atoms with Gasteiger partial charge >= 0.3 is 5.97 Å². The van der Waals surface area contributed by atoms with E-state index in [1.807, 2.05) is 6.92 Å². The third-order valence-electron chi connectivity index (χ3n) is 3.07. The number of carbonyl (C=O) groups is 1. The van der Waals surface area contributed by atoms with Crippen LogP contribution in [0.15, 0.2) is 18.2 Å². The Balaban J connectivity index is 2.50. The lowest BCUT2D eigenvalue weighted by Crippen LogP contribution is -2.05. The largest absolute Gasteiger partial charge is 0.494 e. The lowest BCUT2D eigenvalue weighted by Gasteiger charge is -2.05. The number of anilines is 1. The molecule has 6 heteroatoms. The molecule has 112 valence electrons. The van der Waals surface area contributed by atoms with E-state index in [1.165, 1.54) is 24.5 Å². The topological polar surface area (TPSA) is 61.5 Å². The van der Waals surface area contributed by atoms with Crippen LogP contribution in [0.25, 0.3) is 10.4 Å². The molecule has 4 nitrogen and oxygen atoms in total. The van der Waals surface area contributed by atoms with Gasteiger partial charge in [0.15, 0.2) is 11.6 Å². The highest BCUT2D eigenvalue weighted by atomic mass is 32.1. The van der Waals surface area contributed by atoms with Crippen LogP contribution in [-0.4, -0.2) is 19.7 Å². The Morgan fingerprint density at radius 2 is 2.14 bits per heavy atom. The molecule has 2 rings (SSSR count). The van der Waals surface area contributed by atoms with Gasteiger partial charge < -0.3 is 15.2 Å². The van der Waals surface area contributed by atoms with Gasteiger partial charge in [-0.25, -0.2) is 9.18 Å². The number of ether oxygens (including phenoxy) is 2. The zero-order valence-corrected chi connectivity index (χ0v) is 12.8. The van der Waals surface area contributed by atoms with Gasteiger partial charge in [0.1, 0.15) is 4.88 Å². The Hall–Kier alpha value is -2.08. The van der Waals surface area contributed by atoms with E-state index in [0.29, 0.717) is 10.6 Å². The first-order valence-corrected chi connectivity index (χ1v) is 7.21. The number of esters is 1. The number of nitrogens with two attached hydrogens (primary N) is 1. The second-order valence-electron chi connectivity index (χ2n) is 4.37. The molecule has 0 aliphatic rings. The molecule has 2 N–H and O–H groups in total. The van der Waals surface area contributed by atoms with Crippen molar-refractivity contribution in [3.05, 3.63) is 34.5 Å². The summed E-state index contributed by atoms with van der Waals surface area (Å²) in [5.41, 5.74) is 7.90. The van der Waals surface area contributed by atoms with Crippen molar-refractivity contribution >= 4 is 23.0 Å². The first-order chi connectivity index (χ1) is 9.99. The molecule has 0 fully saturated rings. The van der Waals surface area contributed by atoms with Gasteiger partial charge in [-0.05, 0) is 37.1 Å². The third-order valence-corrected chi connectivity index (χ3v) is 4.40. The van der Waals surface area contributed by atoms with Crippen molar-refractivity contribution in [2.75, 3.05) is 19.5 Å². The molecule has 21 heavy (non-hydrogen) atoms. The molecule has 1 heterocycles. The highest BCUT2D eigenvalue weighted by Gasteiger charge is 2.21. The Morgan fingerprint density at radius 1 is 1.43 bits per heavy atom. The van der Waals surface area contributed by atoms with Gasteiger partial charge in [-0.2, -0.15) is 0 Å². The Morgan fingerprint density at radius 3 is 2.76 bits per heavy atom. The summed E-state index contributed by atoms with van der Waals surface area (Å²) in [5, 5.41) is 0. The maximum Gasteiger partial charge on any atom is 0.350 e. The smallest absolute Gasteiger partial charge is 0.350 e. The molecule has 0 aliphatic heterocycles. The van der Waals surface area contributed by atoms with Crippen LogP contribution in [-0.2, 0) is 4.74 Å². The molecule has 0 amide bonds. The van der Waals surface area contributed by atoms with E-state index in [2.05, 4.69) is 0 Å². The molecule has 1 aromatic carbocycles. The summed E-state index contributed by atoms with van der Waals surface area (Å²) in [6.45, 7) is 3.84. The van der Waals surface area contributed by atoms with E-state index in [0.717, 1.165) is 16.0 Å². The molecule has 2 aromatic rings. The van der Waals surface area contributed by atoms with Crippen LogP contribution in [0.2, 0.25) is 0 Å². The number of hydrogen-bond donors (Lipinski definition) is 1. The van der Waals surface area contributed by atoms with Crippen molar-refractivity contribution in [3.8, 4) is 16.2 Å². The van der Waals surface area contributed by atoms with E-state index in [-0.39, 0.29) is 12.4 Å². The number of thiophene rings is 1. The minimum Gasteiger partial charge on any atom is -0.494 e. The van der Waals surface area contributed by atoms with Gasteiger partial charge in [0, 0.05) is 4.88 Å². The molecule has 0 atom stereocenters. The van der Waals surface area contributed by atoms with E-state index in [1.54, 1.807) is 19.1 Å². The number of carbonyl (C=O) groups excluding carboxylic acids is 1. The zero-order valence-electron chi connectivity index (χ0n) is 12.0. The second-order valence-corrected chi connectivity index (χ2v) is 5.39. The highest BCUT2D eigenvalue weighted by molar-refractivity contribution is 7.18. The normalized spacial score (nSPS) is 10.5. The van der Waals surface area contributed by atoms with Crippen molar-refractivity contribution in [1.29, 1.82) is 0 Å². The number of rotatable bonds is 4. The summed E-state index contributed by atoms with van der Waals surface area (Å²) < 4.78 is 23.4. The van der Waals surface area contributed by atoms with Crippen LogP contribution in [0.5, 0.6) is 5.75 Å². The number of benzene rings is 1. The molecule has 0 spiro atoms. The number of methoxy groups -OCH3 is 1. The summed E-state index contributed by atoms with van der Waals surface area (Å²) in [5.74, 6) is -0.728. The maximum absolute atomic E-state index is 13.5. The summed E-state index contributed by atoms with van der Waals surface area (Å²) in [7, 11) is 1.40. The third kappa shape index (κ3) is 2.85. The van der Waals surface area contributed by atoms with Crippen LogP contribution in [0.1, 0.15) is 22.2 Å². The zero-order chi connectivity index (χ0) is 15.6. The number of halogens is 1. The standard InChI is InChI=1S/C15H16FNO3S/c1-4-20-15(18)14-12(17)8(2)13(21-14)9-5-6-10(16)11(7-9)19-3/h5-7H,4,17H2,1-3H3. The van der Waals surface area contributed by atoms with Gasteiger partial charge in [-0.15, -0.1) is 11.3 Å². The minimum atomic E-state index is -0.441. The number of nitrogen functional groups attached to an aromatic ring is 1. The average Bonchev–Trinajstić information content (AvgIpc) is 2.76. The first-order valence-electron chi connectivity index (χ1n) is 6.39. The lowest BCUT2D eigenvalue weighted by atomic mass is 10.1. The van der Waals surface area contributed by atoms with Gasteiger partial charge in [0.05, 0.1) is 19.4 Å². The predicted molar refractivity (Wildman–Crippen MR) is 81.4 cm³/mol. The molecule has 0 saturated carbocycles. The minimum absolute atomic E-state index is 0.150. The molecule has 0 saturated heterocycles. The van der Waals surface area contributed by atoms with Crippen LogP contribution in [0.3, 0.4) is 0 Å². The summed E-state index contributed by atoms with van der Waals surface area (Å²) in [4.78, 5) is 13.0. The van der Waals surface area contributed by atoms with Crippen LogP contribution >= 0.6 is 11.3 Å². The van der Waals surface area contributed by atoms with E-state index in [9.17, 15) is 9.18 Å².